The normalized spacial score (nSPS) is 17.0. The summed E-state index contributed by atoms with van der Waals surface area (Å²) >= 11 is 0. The van der Waals surface area contributed by atoms with Gasteiger partial charge in [0.15, 0.2) is 5.69 Å². The molecule has 2 heterocycles. The molecule has 3 rings (SSSR count). The first-order valence-corrected chi connectivity index (χ1v) is 6.81. The maximum atomic E-state index is 13.4. The monoisotopic (exact) mass is 304 g/mol. The third-order valence-corrected chi connectivity index (χ3v) is 3.79. The standard InChI is InChI=1S/C15H13FN2O4/c16-9-4-1-3-8(7-9)13-17-11(15(21)22)12-10(14(19)20)5-2-6-18(12)13/h1,3-4,7,10H,2,5-6H2,(H,19,20)(H,21,22). The minimum atomic E-state index is -1.28. The maximum Gasteiger partial charge on any atom is 0.356 e. The second-order valence-corrected chi connectivity index (χ2v) is 5.17. The molecule has 0 amide bonds. The number of aliphatic carboxylic acids is 1. The van der Waals surface area contributed by atoms with Gasteiger partial charge in [-0.2, -0.15) is 0 Å². The lowest BCUT2D eigenvalue weighted by atomic mass is 9.94. The molecule has 0 aliphatic carbocycles. The molecule has 2 N–H and O–H groups in total. The van der Waals surface area contributed by atoms with E-state index in [-0.39, 0.29) is 17.2 Å². The SMILES string of the molecule is O=C(O)c1nc(-c2cccc(F)c2)n2c1C(C(=O)O)CCC2. The highest BCUT2D eigenvalue weighted by Gasteiger charge is 2.35. The van der Waals surface area contributed by atoms with Gasteiger partial charge in [-0.15, -0.1) is 0 Å². The number of aromatic carboxylic acids is 1. The van der Waals surface area contributed by atoms with Gasteiger partial charge in [0, 0.05) is 12.1 Å². The first-order valence-electron chi connectivity index (χ1n) is 6.81. The van der Waals surface area contributed by atoms with Crippen LogP contribution >= 0.6 is 0 Å². The van der Waals surface area contributed by atoms with Crippen molar-refractivity contribution in [1.29, 1.82) is 0 Å². The smallest absolute Gasteiger partial charge is 0.356 e. The summed E-state index contributed by atoms with van der Waals surface area (Å²) in [4.78, 5) is 26.9. The molecule has 0 fully saturated rings. The third kappa shape index (κ3) is 2.24. The molecule has 1 unspecified atom stereocenters. The van der Waals surface area contributed by atoms with Crippen LogP contribution in [0.3, 0.4) is 0 Å². The van der Waals surface area contributed by atoms with Crippen LogP contribution in [0.4, 0.5) is 4.39 Å². The molecule has 2 aromatic rings. The van der Waals surface area contributed by atoms with Crippen molar-refractivity contribution in [3.8, 4) is 11.4 Å². The van der Waals surface area contributed by atoms with Crippen LogP contribution < -0.4 is 0 Å². The highest BCUT2D eigenvalue weighted by atomic mass is 19.1. The van der Waals surface area contributed by atoms with Crippen LogP contribution in [0.25, 0.3) is 11.4 Å². The highest BCUT2D eigenvalue weighted by Crippen LogP contribution is 2.35. The van der Waals surface area contributed by atoms with Crippen molar-refractivity contribution < 1.29 is 24.2 Å². The molecule has 0 radical (unpaired) electrons. The predicted octanol–water partition coefficient (Wildman–Crippen LogP) is 2.35. The van der Waals surface area contributed by atoms with E-state index >= 15 is 0 Å². The Balaban J connectivity index is 2.24. The lowest BCUT2D eigenvalue weighted by Gasteiger charge is -2.22. The van der Waals surface area contributed by atoms with Gasteiger partial charge in [-0.3, -0.25) is 4.79 Å². The fourth-order valence-electron chi connectivity index (χ4n) is 2.88. The Labute approximate surface area is 124 Å². The van der Waals surface area contributed by atoms with Gasteiger partial charge in [0.2, 0.25) is 0 Å². The minimum Gasteiger partial charge on any atom is -0.481 e. The molecule has 0 spiro atoms. The Morgan fingerprint density at radius 1 is 1.32 bits per heavy atom. The zero-order valence-electron chi connectivity index (χ0n) is 11.5. The lowest BCUT2D eigenvalue weighted by molar-refractivity contribution is -0.139. The average molecular weight is 304 g/mol. The van der Waals surface area contributed by atoms with Gasteiger partial charge in [0.05, 0.1) is 11.6 Å². The second-order valence-electron chi connectivity index (χ2n) is 5.17. The third-order valence-electron chi connectivity index (χ3n) is 3.79. The van der Waals surface area contributed by atoms with Crippen LogP contribution in [-0.4, -0.2) is 31.7 Å². The van der Waals surface area contributed by atoms with Crippen molar-refractivity contribution in [3.05, 3.63) is 41.5 Å². The van der Waals surface area contributed by atoms with E-state index in [4.69, 9.17) is 0 Å². The lowest BCUT2D eigenvalue weighted by Crippen LogP contribution is -2.24. The number of halogens is 1. The van der Waals surface area contributed by atoms with E-state index in [0.717, 1.165) is 0 Å². The van der Waals surface area contributed by atoms with Crippen LogP contribution in [0, 0.1) is 5.82 Å². The number of fused-ring (bicyclic) bond motifs is 1. The second kappa shape index (κ2) is 5.25. The van der Waals surface area contributed by atoms with Crippen molar-refractivity contribution in [2.45, 2.75) is 25.3 Å². The fraction of sp³-hybridized carbons (Fsp3) is 0.267. The van der Waals surface area contributed by atoms with Gasteiger partial charge in [-0.1, -0.05) is 12.1 Å². The molecule has 0 saturated heterocycles. The van der Waals surface area contributed by atoms with Gasteiger partial charge in [-0.25, -0.2) is 14.2 Å². The maximum absolute atomic E-state index is 13.4. The number of hydrogen-bond acceptors (Lipinski definition) is 3. The zero-order chi connectivity index (χ0) is 15.9. The van der Waals surface area contributed by atoms with Crippen molar-refractivity contribution in [2.75, 3.05) is 0 Å². The van der Waals surface area contributed by atoms with Gasteiger partial charge in [0.1, 0.15) is 11.6 Å². The van der Waals surface area contributed by atoms with E-state index in [9.17, 15) is 24.2 Å². The van der Waals surface area contributed by atoms with Crippen molar-refractivity contribution in [3.63, 3.8) is 0 Å². The summed E-state index contributed by atoms with van der Waals surface area (Å²) in [7, 11) is 0. The van der Waals surface area contributed by atoms with E-state index in [2.05, 4.69) is 4.98 Å². The number of imidazole rings is 1. The number of hydrogen-bond donors (Lipinski definition) is 2. The average Bonchev–Trinajstić information content (AvgIpc) is 2.86. The van der Waals surface area contributed by atoms with Gasteiger partial charge in [0.25, 0.3) is 0 Å². The Bertz CT molecular complexity index is 769. The first kappa shape index (κ1) is 14.2. The Morgan fingerprint density at radius 3 is 2.73 bits per heavy atom. The van der Waals surface area contributed by atoms with Gasteiger partial charge in [-0.05, 0) is 25.0 Å². The molecule has 6 nitrogen and oxygen atoms in total. The quantitative estimate of drug-likeness (QED) is 0.908. The fourth-order valence-corrected chi connectivity index (χ4v) is 2.88. The van der Waals surface area contributed by atoms with Crippen molar-refractivity contribution in [1.82, 2.24) is 9.55 Å². The summed E-state index contributed by atoms with van der Waals surface area (Å²) in [5.41, 5.74) is 0.344. The summed E-state index contributed by atoms with van der Waals surface area (Å²) in [6.45, 7) is 0.464. The largest absolute Gasteiger partial charge is 0.481 e. The summed E-state index contributed by atoms with van der Waals surface area (Å²) < 4.78 is 15.0. The summed E-state index contributed by atoms with van der Waals surface area (Å²) in [5, 5.41) is 18.6. The Morgan fingerprint density at radius 2 is 2.09 bits per heavy atom. The molecule has 1 aromatic heterocycles. The number of carboxylic acid groups (broad SMARTS) is 2. The molecule has 0 saturated carbocycles. The molecule has 1 aliphatic rings. The molecule has 0 bridgehead atoms. The molecule has 1 aromatic carbocycles. The van der Waals surface area contributed by atoms with Crippen molar-refractivity contribution >= 4 is 11.9 Å². The van der Waals surface area contributed by atoms with Gasteiger partial charge >= 0.3 is 11.9 Å². The van der Waals surface area contributed by atoms with Crippen LogP contribution in [0.15, 0.2) is 24.3 Å². The zero-order valence-corrected chi connectivity index (χ0v) is 11.5. The molecular formula is C15H13FN2O4. The summed E-state index contributed by atoms with van der Waals surface area (Å²) in [6, 6.07) is 5.66. The summed E-state index contributed by atoms with van der Waals surface area (Å²) in [6.07, 6.45) is 0.964. The van der Waals surface area contributed by atoms with Gasteiger partial charge < -0.3 is 14.8 Å². The Hall–Kier alpha value is -2.70. The van der Waals surface area contributed by atoms with Crippen LogP contribution in [-0.2, 0) is 11.3 Å². The number of carboxylic acids is 2. The van der Waals surface area contributed by atoms with E-state index < -0.39 is 23.7 Å². The topological polar surface area (TPSA) is 92.4 Å². The number of rotatable bonds is 3. The molecule has 22 heavy (non-hydrogen) atoms. The number of nitrogens with zero attached hydrogens (tertiary/aromatic N) is 2. The summed E-state index contributed by atoms with van der Waals surface area (Å²) in [5.74, 6) is -3.43. The molecule has 114 valence electrons. The van der Waals surface area contributed by atoms with E-state index in [1.54, 1.807) is 10.6 Å². The minimum absolute atomic E-state index is 0.186. The van der Waals surface area contributed by atoms with Crippen molar-refractivity contribution in [2.24, 2.45) is 0 Å². The molecule has 7 heteroatoms. The first-order chi connectivity index (χ1) is 10.5. The van der Waals surface area contributed by atoms with E-state index in [1.807, 2.05) is 0 Å². The molecule has 1 aliphatic heterocycles. The number of carbonyl (C=O) groups is 2. The number of aromatic nitrogens is 2. The van der Waals surface area contributed by atoms with Crippen LogP contribution in [0.1, 0.15) is 34.9 Å². The van der Waals surface area contributed by atoms with Crippen LogP contribution in [0.2, 0.25) is 0 Å². The Kier molecular flexibility index (Phi) is 3.40. The number of benzene rings is 1. The molecule has 1 atom stereocenters. The van der Waals surface area contributed by atoms with Crippen LogP contribution in [0.5, 0.6) is 0 Å². The predicted molar refractivity (Wildman–Crippen MR) is 74.2 cm³/mol. The highest BCUT2D eigenvalue weighted by molar-refractivity contribution is 5.91. The molecular weight excluding hydrogens is 291 g/mol. The van der Waals surface area contributed by atoms with E-state index in [0.29, 0.717) is 24.9 Å². The van der Waals surface area contributed by atoms with E-state index in [1.165, 1.54) is 18.2 Å².